The number of ether oxygens (including phenoxy) is 1. The lowest BCUT2D eigenvalue weighted by atomic mass is 10.2. The van der Waals surface area contributed by atoms with E-state index in [4.69, 9.17) is 10.5 Å². The lowest BCUT2D eigenvalue weighted by molar-refractivity contribution is 0.233. The number of aryl methyl sites for hydroxylation is 1. The smallest absolute Gasteiger partial charge is 0.214 e. The summed E-state index contributed by atoms with van der Waals surface area (Å²) in [5.41, 5.74) is 8.04. The van der Waals surface area contributed by atoms with Gasteiger partial charge in [0.2, 0.25) is 5.88 Å². The second kappa shape index (κ2) is 4.45. The molecule has 90 valence electrons. The number of nitrogens with two attached hydrogens (primary N) is 1. The van der Waals surface area contributed by atoms with Crippen molar-refractivity contribution in [3.8, 4) is 17.3 Å². The molecule has 0 bridgehead atoms. The van der Waals surface area contributed by atoms with E-state index >= 15 is 0 Å². The minimum atomic E-state index is 0.0987. The number of aromatic nitrogens is 3. The molecular formula is C12H16N4O. The van der Waals surface area contributed by atoms with Gasteiger partial charge in [-0.25, -0.2) is 4.98 Å². The van der Waals surface area contributed by atoms with E-state index in [1.54, 1.807) is 10.9 Å². The van der Waals surface area contributed by atoms with Crippen LogP contribution in [-0.4, -0.2) is 20.9 Å². The molecule has 2 N–H and O–H groups in total. The van der Waals surface area contributed by atoms with Crippen molar-refractivity contribution >= 4 is 5.69 Å². The third kappa shape index (κ3) is 2.38. The molecule has 0 saturated carbocycles. The molecule has 5 nitrogen and oxygen atoms in total. The van der Waals surface area contributed by atoms with Gasteiger partial charge >= 0.3 is 0 Å². The van der Waals surface area contributed by atoms with Crippen LogP contribution < -0.4 is 10.5 Å². The van der Waals surface area contributed by atoms with Crippen LogP contribution in [-0.2, 0) is 7.05 Å². The summed E-state index contributed by atoms with van der Waals surface area (Å²) in [7, 11) is 1.84. The zero-order valence-corrected chi connectivity index (χ0v) is 10.2. The number of pyridine rings is 1. The highest BCUT2D eigenvalue weighted by Gasteiger charge is 2.10. The van der Waals surface area contributed by atoms with Crippen molar-refractivity contribution in [2.45, 2.75) is 20.0 Å². The summed E-state index contributed by atoms with van der Waals surface area (Å²) in [6, 6.07) is 5.61. The zero-order valence-electron chi connectivity index (χ0n) is 10.2. The van der Waals surface area contributed by atoms with Crippen molar-refractivity contribution in [1.82, 2.24) is 14.8 Å². The van der Waals surface area contributed by atoms with E-state index in [2.05, 4.69) is 10.1 Å². The SMILES string of the molecule is CC(C)Oc1cccc(-c2c(N)cnn2C)n1. The molecule has 2 aromatic heterocycles. The molecule has 0 atom stereocenters. The van der Waals surface area contributed by atoms with Crippen LogP contribution in [0.1, 0.15) is 13.8 Å². The molecule has 0 amide bonds. The van der Waals surface area contributed by atoms with Gasteiger partial charge in [-0.2, -0.15) is 5.10 Å². The van der Waals surface area contributed by atoms with Crippen LogP contribution in [0, 0.1) is 0 Å². The first-order valence-electron chi connectivity index (χ1n) is 5.49. The number of rotatable bonds is 3. The zero-order chi connectivity index (χ0) is 12.4. The molecule has 0 spiro atoms. The summed E-state index contributed by atoms with van der Waals surface area (Å²) in [6.07, 6.45) is 1.72. The average Bonchev–Trinajstić information content (AvgIpc) is 2.58. The predicted molar refractivity (Wildman–Crippen MR) is 66.6 cm³/mol. The van der Waals surface area contributed by atoms with E-state index in [0.717, 1.165) is 11.4 Å². The normalized spacial score (nSPS) is 10.8. The highest BCUT2D eigenvalue weighted by molar-refractivity contribution is 5.69. The van der Waals surface area contributed by atoms with Gasteiger partial charge in [-0.05, 0) is 19.9 Å². The standard InChI is InChI=1S/C12H16N4O/c1-8(2)17-11-6-4-5-10(15-11)12-9(13)7-14-16(12)3/h4-8H,13H2,1-3H3. The Labute approximate surface area is 100 Å². The molecule has 2 aromatic rings. The van der Waals surface area contributed by atoms with Gasteiger partial charge < -0.3 is 10.5 Å². The van der Waals surface area contributed by atoms with E-state index in [-0.39, 0.29) is 6.10 Å². The molecule has 0 aromatic carbocycles. The molecule has 2 heterocycles. The molecule has 17 heavy (non-hydrogen) atoms. The Morgan fingerprint density at radius 2 is 2.12 bits per heavy atom. The highest BCUT2D eigenvalue weighted by Crippen LogP contribution is 2.24. The van der Waals surface area contributed by atoms with Crippen molar-refractivity contribution in [2.75, 3.05) is 5.73 Å². The van der Waals surface area contributed by atoms with Crippen molar-refractivity contribution in [2.24, 2.45) is 7.05 Å². The summed E-state index contributed by atoms with van der Waals surface area (Å²) in [5.74, 6) is 0.595. The first kappa shape index (κ1) is 11.4. The molecule has 0 unspecified atom stereocenters. The van der Waals surface area contributed by atoms with E-state index in [0.29, 0.717) is 11.6 Å². The number of anilines is 1. The fourth-order valence-corrected chi connectivity index (χ4v) is 1.62. The number of nitrogens with zero attached hydrogens (tertiary/aromatic N) is 3. The van der Waals surface area contributed by atoms with Crippen molar-refractivity contribution in [3.63, 3.8) is 0 Å². The summed E-state index contributed by atoms with van der Waals surface area (Å²) in [6.45, 7) is 3.93. The summed E-state index contributed by atoms with van der Waals surface area (Å²) < 4.78 is 7.26. The third-order valence-electron chi connectivity index (χ3n) is 2.29. The molecule has 0 aliphatic heterocycles. The Kier molecular flexibility index (Phi) is 2.99. The van der Waals surface area contributed by atoms with Crippen LogP contribution in [0.3, 0.4) is 0 Å². The number of hydrogen-bond acceptors (Lipinski definition) is 4. The second-order valence-electron chi connectivity index (χ2n) is 4.10. The van der Waals surface area contributed by atoms with Crippen LogP contribution in [0.15, 0.2) is 24.4 Å². The second-order valence-corrected chi connectivity index (χ2v) is 4.10. The lowest BCUT2D eigenvalue weighted by Gasteiger charge is -2.10. The third-order valence-corrected chi connectivity index (χ3v) is 2.29. The van der Waals surface area contributed by atoms with Crippen molar-refractivity contribution in [1.29, 1.82) is 0 Å². The monoisotopic (exact) mass is 232 g/mol. The van der Waals surface area contributed by atoms with Crippen LogP contribution in [0.2, 0.25) is 0 Å². The average molecular weight is 232 g/mol. The maximum atomic E-state index is 5.86. The number of hydrogen-bond donors (Lipinski definition) is 1. The summed E-state index contributed by atoms with van der Waals surface area (Å²) in [4.78, 5) is 4.41. The number of nitrogen functional groups attached to an aromatic ring is 1. The molecule has 0 aliphatic carbocycles. The first-order chi connectivity index (χ1) is 8.08. The largest absolute Gasteiger partial charge is 0.475 e. The van der Waals surface area contributed by atoms with E-state index < -0.39 is 0 Å². The summed E-state index contributed by atoms with van der Waals surface area (Å²) >= 11 is 0. The minimum Gasteiger partial charge on any atom is -0.475 e. The molecule has 0 fully saturated rings. The van der Waals surface area contributed by atoms with Gasteiger partial charge in [-0.3, -0.25) is 4.68 Å². The summed E-state index contributed by atoms with van der Waals surface area (Å²) in [5, 5.41) is 4.09. The molecule has 0 radical (unpaired) electrons. The quantitative estimate of drug-likeness (QED) is 0.877. The Bertz CT molecular complexity index is 499. The Morgan fingerprint density at radius 3 is 2.71 bits per heavy atom. The Balaban J connectivity index is 2.40. The first-order valence-corrected chi connectivity index (χ1v) is 5.49. The van der Waals surface area contributed by atoms with E-state index in [1.165, 1.54) is 0 Å². The van der Waals surface area contributed by atoms with Crippen LogP contribution in [0.25, 0.3) is 11.4 Å². The van der Waals surface area contributed by atoms with E-state index in [9.17, 15) is 0 Å². The van der Waals surface area contributed by atoms with Crippen LogP contribution >= 0.6 is 0 Å². The Morgan fingerprint density at radius 1 is 1.35 bits per heavy atom. The van der Waals surface area contributed by atoms with Gasteiger partial charge in [-0.15, -0.1) is 0 Å². The van der Waals surface area contributed by atoms with Gasteiger partial charge in [0.15, 0.2) is 0 Å². The molecule has 0 saturated heterocycles. The molecule has 5 heteroatoms. The molecule has 2 rings (SSSR count). The molecular weight excluding hydrogens is 216 g/mol. The van der Waals surface area contributed by atoms with Crippen LogP contribution in [0.5, 0.6) is 5.88 Å². The Hall–Kier alpha value is -2.04. The van der Waals surface area contributed by atoms with Crippen molar-refractivity contribution < 1.29 is 4.74 Å². The van der Waals surface area contributed by atoms with Gasteiger partial charge in [0, 0.05) is 13.1 Å². The maximum Gasteiger partial charge on any atom is 0.214 e. The van der Waals surface area contributed by atoms with Gasteiger partial charge in [-0.1, -0.05) is 6.07 Å². The molecule has 0 aliphatic rings. The van der Waals surface area contributed by atoms with E-state index in [1.807, 2.05) is 39.1 Å². The van der Waals surface area contributed by atoms with Crippen molar-refractivity contribution in [3.05, 3.63) is 24.4 Å². The van der Waals surface area contributed by atoms with Gasteiger partial charge in [0.25, 0.3) is 0 Å². The fourth-order valence-electron chi connectivity index (χ4n) is 1.62. The minimum absolute atomic E-state index is 0.0987. The lowest BCUT2D eigenvalue weighted by Crippen LogP contribution is -2.07. The van der Waals surface area contributed by atoms with Gasteiger partial charge in [0.1, 0.15) is 5.69 Å². The predicted octanol–water partition coefficient (Wildman–Crippen LogP) is 1.85. The highest BCUT2D eigenvalue weighted by atomic mass is 16.5. The van der Waals surface area contributed by atoms with Gasteiger partial charge in [0.05, 0.1) is 23.7 Å². The fraction of sp³-hybridized carbons (Fsp3) is 0.333. The maximum absolute atomic E-state index is 5.86. The topological polar surface area (TPSA) is 66.0 Å². The van der Waals surface area contributed by atoms with Crippen LogP contribution in [0.4, 0.5) is 5.69 Å².